The van der Waals surface area contributed by atoms with Crippen LogP contribution in [-0.2, 0) is 0 Å². The van der Waals surface area contributed by atoms with Crippen LogP contribution in [0.4, 0.5) is 0 Å². The van der Waals surface area contributed by atoms with Crippen LogP contribution in [0, 0.1) is 0 Å². The molecule has 0 saturated carbocycles. The minimum absolute atomic E-state index is 0.692. The predicted molar refractivity (Wildman–Crippen MR) is 144 cm³/mol. The van der Waals surface area contributed by atoms with Crippen LogP contribution in [0.3, 0.4) is 0 Å². The lowest BCUT2D eigenvalue weighted by molar-refractivity contribution is 0.261. The van der Waals surface area contributed by atoms with Crippen molar-refractivity contribution in [3.05, 3.63) is 102 Å². The summed E-state index contributed by atoms with van der Waals surface area (Å²) in [5, 5.41) is 0. The number of rotatable bonds is 8. The second-order valence-corrected chi connectivity index (χ2v) is 8.91. The Labute approximate surface area is 202 Å². The highest BCUT2D eigenvalue weighted by Gasteiger charge is 2.13. The Hall–Kier alpha value is -2.11. The first-order chi connectivity index (χ1) is 15.1. The van der Waals surface area contributed by atoms with E-state index in [1.807, 2.05) is 0 Å². The first-order valence-electron chi connectivity index (χ1n) is 10.9. The number of halogens is 1. The molecule has 0 aliphatic carbocycles. The summed E-state index contributed by atoms with van der Waals surface area (Å²) in [7, 11) is 4.11. The van der Waals surface area contributed by atoms with Crippen molar-refractivity contribution >= 4 is 33.7 Å². The number of likely N-dealkylation sites (N-methyl/N-ethyl adjacent to an activating group) is 1. The first-order valence-corrected chi connectivity index (χ1v) is 12.4. The predicted octanol–water partition coefficient (Wildman–Crippen LogP) is 7.44. The molecule has 164 valence electrons. The molecule has 31 heavy (non-hydrogen) atoms. The van der Waals surface area contributed by atoms with Gasteiger partial charge in [0.15, 0.2) is 0 Å². The van der Waals surface area contributed by atoms with E-state index in [0.717, 1.165) is 18.7 Å². The quantitative estimate of drug-likeness (QED) is 0.172. The molecule has 0 amide bonds. The number of hydrogen-bond acceptors (Lipinski definition) is 2. The van der Waals surface area contributed by atoms with Gasteiger partial charge in [0, 0.05) is 6.54 Å². The molecule has 0 bridgehead atoms. The van der Waals surface area contributed by atoms with Crippen LogP contribution in [0.25, 0.3) is 11.1 Å². The van der Waals surface area contributed by atoms with Crippen molar-refractivity contribution in [3.63, 3.8) is 0 Å². The van der Waals surface area contributed by atoms with Crippen LogP contribution in [0.1, 0.15) is 37.0 Å². The SMILES string of the molecule is CC/C(=C(\c1ccccc1)c1ccc(OCCN(C)C)cc1)c1ccccc1.CCI. The van der Waals surface area contributed by atoms with Gasteiger partial charge in [-0.05, 0) is 64.9 Å². The molecule has 0 radical (unpaired) electrons. The second-order valence-electron chi connectivity index (χ2n) is 7.38. The maximum absolute atomic E-state index is 5.87. The summed E-state index contributed by atoms with van der Waals surface area (Å²) in [6, 6.07) is 29.8. The summed E-state index contributed by atoms with van der Waals surface area (Å²) in [5.74, 6) is 0.913. The zero-order valence-corrected chi connectivity index (χ0v) is 21.3. The molecule has 0 spiro atoms. The smallest absolute Gasteiger partial charge is 0.119 e. The van der Waals surface area contributed by atoms with Gasteiger partial charge in [-0.3, -0.25) is 0 Å². The van der Waals surface area contributed by atoms with Crippen LogP contribution >= 0.6 is 22.6 Å². The molecule has 3 heteroatoms. The van der Waals surface area contributed by atoms with Crippen LogP contribution in [0.15, 0.2) is 84.9 Å². The molecule has 0 heterocycles. The van der Waals surface area contributed by atoms with Crippen LogP contribution in [0.5, 0.6) is 5.75 Å². The number of hydrogen-bond donors (Lipinski definition) is 0. The number of alkyl halides is 1. The van der Waals surface area contributed by atoms with E-state index in [2.05, 4.69) is 140 Å². The highest BCUT2D eigenvalue weighted by molar-refractivity contribution is 14.1. The minimum Gasteiger partial charge on any atom is -0.492 e. The van der Waals surface area contributed by atoms with Gasteiger partial charge in [-0.25, -0.2) is 0 Å². The van der Waals surface area contributed by atoms with Crippen molar-refractivity contribution in [1.82, 2.24) is 4.90 Å². The van der Waals surface area contributed by atoms with Crippen molar-refractivity contribution in [2.24, 2.45) is 0 Å². The van der Waals surface area contributed by atoms with Gasteiger partial charge in [0.2, 0.25) is 0 Å². The Balaban J connectivity index is 0.00000107. The maximum Gasteiger partial charge on any atom is 0.119 e. The Bertz CT molecular complexity index is 903. The number of ether oxygens (including phenoxy) is 1. The highest BCUT2D eigenvalue weighted by atomic mass is 127. The van der Waals surface area contributed by atoms with Gasteiger partial charge < -0.3 is 9.64 Å². The van der Waals surface area contributed by atoms with E-state index in [-0.39, 0.29) is 0 Å². The molecule has 0 N–H and O–H groups in total. The Morgan fingerprint density at radius 2 is 1.23 bits per heavy atom. The summed E-state index contributed by atoms with van der Waals surface area (Å²) in [6.07, 6.45) is 0.968. The number of nitrogens with zero attached hydrogens (tertiary/aromatic N) is 1. The fourth-order valence-electron chi connectivity index (χ4n) is 3.35. The van der Waals surface area contributed by atoms with Gasteiger partial charge in [0.1, 0.15) is 12.4 Å². The lowest BCUT2D eigenvalue weighted by Crippen LogP contribution is -2.19. The van der Waals surface area contributed by atoms with E-state index in [0.29, 0.717) is 6.61 Å². The van der Waals surface area contributed by atoms with Crippen LogP contribution < -0.4 is 4.74 Å². The molecule has 3 aromatic rings. The summed E-state index contributed by atoms with van der Waals surface area (Å²) in [6.45, 7) is 5.94. The molecular weight excluding hydrogens is 493 g/mol. The van der Waals surface area contributed by atoms with Crippen LogP contribution in [-0.4, -0.2) is 36.6 Å². The molecule has 0 aliphatic rings. The van der Waals surface area contributed by atoms with Gasteiger partial charge in [-0.2, -0.15) is 0 Å². The number of allylic oxidation sites excluding steroid dienone is 1. The standard InChI is InChI=1S/C26H29NO.C2H5I/c1-4-25(21-11-7-5-8-12-21)26(22-13-9-6-10-14-22)23-15-17-24(18-16-23)28-20-19-27(2)3;1-2-3/h5-18H,4,19-20H2,1-3H3;2H2,1H3/b26-25-;. The molecule has 0 atom stereocenters. The van der Waals surface area contributed by atoms with E-state index in [9.17, 15) is 0 Å². The van der Waals surface area contributed by atoms with Crippen molar-refractivity contribution in [3.8, 4) is 5.75 Å². The fourth-order valence-corrected chi connectivity index (χ4v) is 3.35. The van der Waals surface area contributed by atoms with Crippen molar-refractivity contribution in [2.75, 3.05) is 31.7 Å². The molecule has 0 saturated heterocycles. The zero-order chi connectivity index (χ0) is 22.5. The zero-order valence-electron chi connectivity index (χ0n) is 19.1. The van der Waals surface area contributed by atoms with Gasteiger partial charge >= 0.3 is 0 Å². The lowest BCUT2D eigenvalue weighted by Gasteiger charge is -2.17. The van der Waals surface area contributed by atoms with E-state index in [4.69, 9.17) is 4.74 Å². The van der Waals surface area contributed by atoms with Crippen molar-refractivity contribution < 1.29 is 4.74 Å². The summed E-state index contributed by atoms with van der Waals surface area (Å²) in [5.41, 5.74) is 6.37. The van der Waals surface area contributed by atoms with E-state index < -0.39 is 0 Å². The number of benzene rings is 3. The average Bonchev–Trinajstić information content (AvgIpc) is 2.79. The summed E-state index contributed by atoms with van der Waals surface area (Å²) >= 11 is 2.29. The molecule has 0 unspecified atom stereocenters. The summed E-state index contributed by atoms with van der Waals surface area (Å²) < 4.78 is 7.09. The minimum atomic E-state index is 0.692. The third kappa shape index (κ3) is 8.15. The fraction of sp³-hybridized carbons (Fsp3) is 0.286. The van der Waals surface area contributed by atoms with E-state index >= 15 is 0 Å². The highest BCUT2D eigenvalue weighted by Crippen LogP contribution is 2.34. The summed E-state index contributed by atoms with van der Waals surface area (Å²) in [4.78, 5) is 2.12. The largest absolute Gasteiger partial charge is 0.492 e. The maximum atomic E-state index is 5.87. The van der Waals surface area contributed by atoms with Crippen molar-refractivity contribution in [1.29, 1.82) is 0 Å². The molecule has 3 rings (SSSR count). The molecule has 0 aliphatic heterocycles. The lowest BCUT2D eigenvalue weighted by atomic mass is 9.88. The Morgan fingerprint density at radius 1 is 0.742 bits per heavy atom. The topological polar surface area (TPSA) is 12.5 Å². The molecule has 0 fully saturated rings. The average molecular weight is 527 g/mol. The van der Waals surface area contributed by atoms with E-state index in [1.54, 1.807) is 0 Å². The normalized spacial score (nSPS) is 11.4. The van der Waals surface area contributed by atoms with Crippen molar-refractivity contribution in [2.45, 2.75) is 20.3 Å². The third-order valence-electron chi connectivity index (χ3n) is 4.79. The first kappa shape index (κ1) is 25.2. The van der Waals surface area contributed by atoms with Gasteiger partial charge in [-0.15, -0.1) is 0 Å². The Kier molecular flexibility index (Phi) is 11.4. The van der Waals surface area contributed by atoms with E-state index in [1.165, 1.54) is 32.3 Å². The third-order valence-corrected chi connectivity index (χ3v) is 4.79. The Morgan fingerprint density at radius 3 is 1.71 bits per heavy atom. The second kappa shape index (κ2) is 14.0. The van der Waals surface area contributed by atoms with Gasteiger partial charge in [-0.1, -0.05) is 109 Å². The van der Waals surface area contributed by atoms with Gasteiger partial charge in [0.05, 0.1) is 0 Å². The molecule has 0 aromatic heterocycles. The van der Waals surface area contributed by atoms with Gasteiger partial charge in [0.25, 0.3) is 0 Å². The van der Waals surface area contributed by atoms with Crippen LogP contribution in [0.2, 0.25) is 0 Å². The molecule has 2 nitrogen and oxygen atoms in total. The molecule has 3 aromatic carbocycles. The molecular formula is C28H34INO. The monoisotopic (exact) mass is 527 g/mol.